The summed E-state index contributed by atoms with van der Waals surface area (Å²) in [5.74, 6) is -0.139. The number of likely N-dealkylation sites (tertiary alicyclic amines) is 1. The molecule has 0 N–H and O–H groups in total. The number of carbonyl (C=O) groups is 1. The summed E-state index contributed by atoms with van der Waals surface area (Å²) in [6.45, 7) is 2.40. The SMILES string of the molecule is COC(=O)CN1CCC(N(C)C)C1. The van der Waals surface area contributed by atoms with Crippen LogP contribution in [0.4, 0.5) is 0 Å². The van der Waals surface area contributed by atoms with Gasteiger partial charge in [-0.25, -0.2) is 0 Å². The monoisotopic (exact) mass is 186 g/mol. The largest absolute Gasteiger partial charge is 0.468 e. The summed E-state index contributed by atoms with van der Waals surface area (Å²) in [5.41, 5.74) is 0. The molecule has 0 bridgehead atoms. The molecule has 0 aromatic rings. The van der Waals surface area contributed by atoms with Crippen molar-refractivity contribution in [3.8, 4) is 0 Å². The Bertz CT molecular complexity index is 182. The van der Waals surface area contributed by atoms with Crippen molar-refractivity contribution in [3.05, 3.63) is 0 Å². The van der Waals surface area contributed by atoms with Crippen LogP contribution in [0.1, 0.15) is 6.42 Å². The molecule has 1 saturated heterocycles. The van der Waals surface area contributed by atoms with Crippen molar-refractivity contribution >= 4 is 5.97 Å². The van der Waals surface area contributed by atoms with Crippen LogP contribution < -0.4 is 0 Å². The van der Waals surface area contributed by atoms with Crippen LogP contribution in [0.2, 0.25) is 0 Å². The summed E-state index contributed by atoms with van der Waals surface area (Å²) in [6, 6.07) is 0.588. The lowest BCUT2D eigenvalue weighted by molar-refractivity contribution is -0.141. The van der Waals surface area contributed by atoms with Gasteiger partial charge in [-0.2, -0.15) is 0 Å². The van der Waals surface area contributed by atoms with E-state index < -0.39 is 0 Å². The van der Waals surface area contributed by atoms with Gasteiger partial charge in [0.2, 0.25) is 0 Å². The van der Waals surface area contributed by atoms with Crippen molar-refractivity contribution in [2.45, 2.75) is 12.5 Å². The maximum absolute atomic E-state index is 11.0. The Morgan fingerprint density at radius 3 is 2.77 bits per heavy atom. The van der Waals surface area contributed by atoms with Gasteiger partial charge in [-0.1, -0.05) is 0 Å². The molecule has 1 unspecified atom stereocenters. The molecule has 1 aliphatic heterocycles. The third-order valence-corrected chi connectivity index (χ3v) is 2.56. The van der Waals surface area contributed by atoms with Crippen LogP contribution in [-0.2, 0) is 9.53 Å². The number of carbonyl (C=O) groups excluding carboxylic acids is 1. The van der Waals surface area contributed by atoms with Crippen LogP contribution in [0.15, 0.2) is 0 Å². The van der Waals surface area contributed by atoms with E-state index in [-0.39, 0.29) is 5.97 Å². The number of rotatable bonds is 3. The highest BCUT2D eigenvalue weighted by Gasteiger charge is 2.25. The summed E-state index contributed by atoms with van der Waals surface area (Å²) in [6.07, 6.45) is 1.14. The highest BCUT2D eigenvalue weighted by atomic mass is 16.5. The van der Waals surface area contributed by atoms with Crippen molar-refractivity contribution in [3.63, 3.8) is 0 Å². The van der Waals surface area contributed by atoms with Gasteiger partial charge in [0.15, 0.2) is 0 Å². The topological polar surface area (TPSA) is 32.8 Å². The smallest absolute Gasteiger partial charge is 0.319 e. The molecule has 76 valence electrons. The van der Waals surface area contributed by atoms with Crippen LogP contribution in [0.25, 0.3) is 0 Å². The molecular formula is C9H18N2O2. The van der Waals surface area contributed by atoms with E-state index in [0.717, 1.165) is 19.5 Å². The molecule has 0 aliphatic carbocycles. The van der Waals surface area contributed by atoms with E-state index in [9.17, 15) is 4.79 Å². The molecule has 4 heteroatoms. The van der Waals surface area contributed by atoms with E-state index in [1.165, 1.54) is 7.11 Å². The van der Waals surface area contributed by atoms with Gasteiger partial charge in [0.1, 0.15) is 0 Å². The van der Waals surface area contributed by atoms with Gasteiger partial charge in [-0.15, -0.1) is 0 Å². The fraction of sp³-hybridized carbons (Fsp3) is 0.889. The van der Waals surface area contributed by atoms with Crippen LogP contribution >= 0.6 is 0 Å². The standard InChI is InChI=1S/C9H18N2O2/c1-10(2)8-4-5-11(6-8)7-9(12)13-3/h8H,4-7H2,1-3H3. The molecule has 0 aromatic heterocycles. The third kappa shape index (κ3) is 2.97. The predicted octanol–water partition coefficient (Wildman–Crippen LogP) is -0.205. The minimum Gasteiger partial charge on any atom is -0.468 e. The second kappa shape index (κ2) is 4.58. The van der Waals surface area contributed by atoms with Crippen LogP contribution in [0.3, 0.4) is 0 Å². The molecule has 1 fully saturated rings. The first-order chi connectivity index (χ1) is 6.13. The zero-order valence-electron chi connectivity index (χ0n) is 8.62. The first kappa shape index (κ1) is 10.5. The number of methoxy groups -OCH3 is 1. The lowest BCUT2D eigenvalue weighted by Gasteiger charge is -2.19. The van der Waals surface area contributed by atoms with E-state index in [1.54, 1.807) is 0 Å². The van der Waals surface area contributed by atoms with E-state index in [1.807, 2.05) is 0 Å². The molecule has 0 aromatic carbocycles. The van der Waals surface area contributed by atoms with Crippen LogP contribution in [-0.4, -0.2) is 62.7 Å². The highest BCUT2D eigenvalue weighted by molar-refractivity contribution is 5.71. The molecule has 1 atom stereocenters. The van der Waals surface area contributed by atoms with Gasteiger partial charge in [0.25, 0.3) is 0 Å². The molecule has 0 radical (unpaired) electrons. The van der Waals surface area contributed by atoms with Crippen molar-refractivity contribution in [2.24, 2.45) is 0 Å². The first-order valence-electron chi connectivity index (χ1n) is 4.59. The summed E-state index contributed by atoms with van der Waals surface area (Å²) < 4.78 is 4.61. The fourth-order valence-corrected chi connectivity index (χ4v) is 1.62. The minimum atomic E-state index is -0.139. The Kier molecular flexibility index (Phi) is 3.69. The van der Waals surface area contributed by atoms with E-state index in [2.05, 4.69) is 28.6 Å². The second-order valence-electron chi connectivity index (χ2n) is 3.72. The number of ether oxygens (including phenoxy) is 1. The van der Waals surface area contributed by atoms with Crippen molar-refractivity contribution < 1.29 is 9.53 Å². The maximum atomic E-state index is 11.0. The summed E-state index contributed by atoms with van der Waals surface area (Å²) in [5, 5.41) is 0. The number of nitrogens with zero attached hydrogens (tertiary/aromatic N) is 2. The molecule has 1 aliphatic rings. The number of hydrogen-bond acceptors (Lipinski definition) is 4. The Morgan fingerprint density at radius 1 is 1.62 bits per heavy atom. The number of hydrogen-bond donors (Lipinski definition) is 0. The molecule has 0 saturated carbocycles. The molecule has 1 rings (SSSR count). The quantitative estimate of drug-likeness (QED) is 0.571. The Labute approximate surface area is 79.4 Å². The number of likely N-dealkylation sites (N-methyl/N-ethyl adjacent to an activating group) is 1. The average Bonchev–Trinajstić information content (AvgIpc) is 2.52. The fourth-order valence-electron chi connectivity index (χ4n) is 1.62. The van der Waals surface area contributed by atoms with Crippen LogP contribution in [0, 0.1) is 0 Å². The van der Waals surface area contributed by atoms with Gasteiger partial charge in [0, 0.05) is 19.1 Å². The van der Waals surface area contributed by atoms with Gasteiger partial charge < -0.3 is 9.64 Å². The second-order valence-corrected chi connectivity index (χ2v) is 3.72. The summed E-state index contributed by atoms with van der Waals surface area (Å²) >= 11 is 0. The van der Waals surface area contributed by atoms with Gasteiger partial charge >= 0.3 is 5.97 Å². The van der Waals surface area contributed by atoms with Gasteiger partial charge in [-0.05, 0) is 20.5 Å². The van der Waals surface area contributed by atoms with Crippen molar-refractivity contribution in [1.29, 1.82) is 0 Å². The molecular weight excluding hydrogens is 168 g/mol. The Balaban J connectivity index is 2.29. The molecule has 13 heavy (non-hydrogen) atoms. The van der Waals surface area contributed by atoms with E-state index >= 15 is 0 Å². The maximum Gasteiger partial charge on any atom is 0.319 e. The van der Waals surface area contributed by atoms with Crippen molar-refractivity contribution in [1.82, 2.24) is 9.80 Å². The Morgan fingerprint density at radius 2 is 2.31 bits per heavy atom. The zero-order valence-corrected chi connectivity index (χ0v) is 8.62. The lowest BCUT2D eigenvalue weighted by atomic mass is 10.2. The van der Waals surface area contributed by atoms with Crippen LogP contribution in [0.5, 0.6) is 0 Å². The molecule has 0 amide bonds. The summed E-state index contributed by atoms with van der Waals surface area (Å²) in [7, 11) is 5.58. The lowest BCUT2D eigenvalue weighted by Crippen LogP contribution is -2.34. The Hall–Kier alpha value is -0.610. The average molecular weight is 186 g/mol. The third-order valence-electron chi connectivity index (χ3n) is 2.56. The molecule has 1 heterocycles. The predicted molar refractivity (Wildman–Crippen MR) is 50.5 cm³/mol. The summed E-state index contributed by atoms with van der Waals surface area (Å²) in [4.78, 5) is 15.3. The van der Waals surface area contributed by atoms with Gasteiger partial charge in [-0.3, -0.25) is 9.69 Å². The van der Waals surface area contributed by atoms with E-state index in [4.69, 9.17) is 0 Å². The minimum absolute atomic E-state index is 0.139. The first-order valence-corrected chi connectivity index (χ1v) is 4.59. The molecule has 4 nitrogen and oxygen atoms in total. The zero-order chi connectivity index (χ0) is 9.84. The molecule has 0 spiro atoms. The van der Waals surface area contributed by atoms with Crippen molar-refractivity contribution in [2.75, 3.05) is 40.8 Å². The highest BCUT2D eigenvalue weighted by Crippen LogP contribution is 2.12. The van der Waals surface area contributed by atoms with E-state index in [0.29, 0.717) is 12.6 Å². The van der Waals surface area contributed by atoms with Gasteiger partial charge in [0.05, 0.1) is 13.7 Å². The normalized spacial score (nSPS) is 23.8. The number of esters is 1.